The number of benzene rings is 1. The Labute approximate surface area is 145 Å². The van der Waals surface area contributed by atoms with E-state index in [9.17, 15) is 9.59 Å². The quantitative estimate of drug-likeness (QED) is 0.800. The van der Waals surface area contributed by atoms with Crippen molar-refractivity contribution in [2.75, 3.05) is 38.2 Å². The SMILES string of the molecule is COC(=O)c1ccc(N2CCN(C(=O)Cc3cccs3)CC2)cc1. The smallest absolute Gasteiger partial charge is 0.337 e. The molecule has 24 heavy (non-hydrogen) atoms. The summed E-state index contributed by atoms with van der Waals surface area (Å²) in [6, 6.07) is 11.4. The van der Waals surface area contributed by atoms with Crippen LogP contribution in [0.1, 0.15) is 15.2 Å². The zero-order valence-electron chi connectivity index (χ0n) is 13.6. The largest absolute Gasteiger partial charge is 0.465 e. The summed E-state index contributed by atoms with van der Waals surface area (Å²) in [7, 11) is 1.38. The second-order valence-corrected chi connectivity index (χ2v) is 6.69. The fourth-order valence-corrected chi connectivity index (χ4v) is 3.51. The van der Waals surface area contributed by atoms with E-state index in [-0.39, 0.29) is 11.9 Å². The van der Waals surface area contributed by atoms with Crippen molar-refractivity contribution < 1.29 is 14.3 Å². The highest BCUT2D eigenvalue weighted by Crippen LogP contribution is 2.18. The molecule has 6 heteroatoms. The van der Waals surface area contributed by atoms with Crippen LogP contribution < -0.4 is 4.90 Å². The molecule has 0 atom stereocenters. The number of rotatable bonds is 4. The first-order chi connectivity index (χ1) is 11.7. The fraction of sp³-hybridized carbons (Fsp3) is 0.333. The lowest BCUT2D eigenvalue weighted by Crippen LogP contribution is -2.49. The normalized spacial score (nSPS) is 14.5. The maximum absolute atomic E-state index is 12.3. The summed E-state index contributed by atoms with van der Waals surface area (Å²) in [5, 5.41) is 2.00. The number of thiophene rings is 1. The summed E-state index contributed by atoms with van der Waals surface area (Å²) in [6.07, 6.45) is 0.492. The third-order valence-corrected chi connectivity index (χ3v) is 5.07. The van der Waals surface area contributed by atoms with E-state index < -0.39 is 0 Å². The minimum absolute atomic E-state index is 0.193. The zero-order valence-corrected chi connectivity index (χ0v) is 14.4. The lowest BCUT2D eigenvalue weighted by Gasteiger charge is -2.36. The average molecular weight is 344 g/mol. The van der Waals surface area contributed by atoms with Crippen LogP contribution >= 0.6 is 11.3 Å². The van der Waals surface area contributed by atoms with E-state index in [0.29, 0.717) is 12.0 Å². The summed E-state index contributed by atoms with van der Waals surface area (Å²) in [5.41, 5.74) is 1.61. The summed E-state index contributed by atoms with van der Waals surface area (Å²) < 4.78 is 4.71. The highest BCUT2D eigenvalue weighted by molar-refractivity contribution is 7.10. The predicted molar refractivity (Wildman–Crippen MR) is 94.6 cm³/mol. The summed E-state index contributed by atoms with van der Waals surface area (Å²) in [6.45, 7) is 3.05. The molecule has 1 aromatic carbocycles. The molecule has 3 rings (SSSR count). The Morgan fingerprint density at radius 1 is 1.08 bits per heavy atom. The van der Waals surface area contributed by atoms with Crippen LogP contribution in [0, 0.1) is 0 Å². The van der Waals surface area contributed by atoms with Gasteiger partial charge in [0.25, 0.3) is 0 Å². The van der Waals surface area contributed by atoms with Gasteiger partial charge >= 0.3 is 5.97 Å². The second kappa shape index (κ2) is 7.49. The lowest BCUT2D eigenvalue weighted by atomic mass is 10.1. The van der Waals surface area contributed by atoms with Crippen LogP contribution in [0.15, 0.2) is 41.8 Å². The molecule has 0 spiro atoms. The number of nitrogens with zero attached hydrogens (tertiary/aromatic N) is 2. The molecule has 1 saturated heterocycles. The molecule has 0 saturated carbocycles. The monoisotopic (exact) mass is 344 g/mol. The molecule has 0 N–H and O–H groups in total. The van der Waals surface area contributed by atoms with Crippen molar-refractivity contribution in [1.82, 2.24) is 4.90 Å². The third-order valence-electron chi connectivity index (χ3n) is 4.19. The van der Waals surface area contributed by atoms with Gasteiger partial charge in [0.15, 0.2) is 0 Å². The van der Waals surface area contributed by atoms with E-state index in [1.54, 1.807) is 23.5 Å². The van der Waals surface area contributed by atoms with Gasteiger partial charge in [-0.15, -0.1) is 11.3 Å². The second-order valence-electron chi connectivity index (χ2n) is 5.66. The Morgan fingerprint density at radius 3 is 2.38 bits per heavy atom. The minimum atomic E-state index is -0.328. The lowest BCUT2D eigenvalue weighted by molar-refractivity contribution is -0.130. The molecule has 1 aliphatic heterocycles. The van der Waals surface area contributed by atoms with Crippen LogP contribution in [0.4, 0.5) is 5.69 Å². The topological polar surface area (TPSA) is 49.9 Å². The van der Waals surface area contributed by atoms with Crippen LogP contribution in [0.3, 0.4) is 0 Å². The van der Waals surface area contributed by atoms with Gasteiger partial charge in [0.05, 0.1) is 19.1 Å². The molecule has 1 aliphatic rings. The zero-order chi connectivity index (χ0) is 16.9. The minimum Gasteiger partial charge on any atom is -0.465 e. The van der Waals surface area contributed by atoms with Crippen molar-refractivity contribution in [3.8, 4) is 0 Å². The van der Waals surface area contributed by atoms with Gasteiger partial charge in [-0.3, -0.25) is 4.79 Å². The van der Waals surface area contributed by atoms with E-state index in [1.165, 1.54) is 7.11 Å². The standard InChI is InChI=1S/C18H20N2O3S/c1-23-18(22)14-4-6-15(7-5-14)19-8-10-20(11-9-19)17(21)13-16-3-2-12-24-16/h2-7,12H,8-11,13H2,1H3. The molecule has 0 radical (unpaired) electrons. The van der Waals surface area contributed by atoms with Crippen molar-refractivity contribution in [2.24, 2.45) is 0 Å². The predicted octanol–water partition coefficient (Wildman–Crippen LogP) is 2.43. The third kappa shape index (κ3) is 3.76. The van der Waals surface area contributed by atoms with Gasteiger partial charge in [-0.2, -0.15) is 0 Å². The molecule has 2 aromatic rings. The van der Waals surface area contributed by atoms with Gasteiger partial charge in [-0.05, 0) is 35.7 Å². The molecule has 126 valence electrons. The summed E-state index contributed by atoms with van der Waals surface area (Å²) in [4.78, 5) is 29.1. The highest BCUT2D eigenvalue weighted by Gasteiger charge is 2.21. The number of esters is 1. The van der Waals surface area contributed by atoms with Gasteiger partial charge < -0.3 is 14.5 Å². The Bertz CT molecular complexity index is 690. The number of methoxy groups -OCH3 is 1. The molecule has 1 fully saturated rings. The molecule has 0 unspecified atom stereocenters. The van der Waals surface area contributed by atoms with E-state index in [4.69, 9.17) is 4.74 Å². The Hall–Kier alpha value is -2.34. The van der Waals surface area contributed by atoms with E-state index in [2.05, 4.69) is 4.90 Å². The molecule has 1 aromatic heterocycles. The highest BCUT2D eigenvalue weighted by atomic mass is 32.1. The molecular weight excluding hydrogens is 324 g/mol. The van der Waals surface area contributed by atoms with Gasteiger partial charge in [0.1, 0.15) is 0 Å². The van der Waals surface area contributed by atoms with Crippen LogP contribution in [0.25, 0.3) is 0 Å². The van der Waals surface area contributed by atoms with Gasteiger partial charge in [0, 0.05) is 36.7 Å². The Balaban J connectivity index is 1.54. The molecule has 0 bridgehead atoms. The number of carbonyl (C=O) groups excluding carboxylic acids is 2. The van der Waals surface area contributed by atoms with Crippen molar-refractivity contribution in [1.29, 1.82) is 0 Å². The fourth-order valence-electron chi connectivity index (χ4n) is 2.81. The van der Waals surface area contributed by atoms with Crippen LogP contribution in [0.5, 0.6) is 0 Å². The van der Waals surface area contributed by atoms with Crippen LogP contribution in [-0.4, -0.2) is 50.1 Å². The molecule has 2 heterocycles. The Morgan fingerprint density at radius 2 is 1.79 bits per heavy atom. The van der Waals surface area contributed by atoms with Crippen molar-refractivity contribution >= 4 is 28.9 Å². The van der Waals surface area contributed by atoms with E-state index >= 15 is 0 Å². The molecular formula is C18H20N2O3S. The first-order valence-corrected chi connectivity index (χ1v) is 8.79. The number of piperazine rings is 1. The number of anilines is 1. The number of hydrogen-bond acceptors (Lipinski definition) is 5. The van der Waals surface area contributed by atoms with Crippen LogP contribution in [-0.2, 0) is 16.0 Å². The van der Waals surface area contributed by atoms with Crippen molar-refractivity contribution in [3.63, 3.8) is 0 Å². The number of hydrogen-bond donors (Lipinski definition) is 0. The van der Waals surface area contributed by atoms with Gasteiger partial charge in [-0.25, -0.2) is 4.79 Å². The number of amides is 1. The van der Waals surface area contributed by atoms with Crippen LogP contribution in [0.2, 0.25) is 0 Å². The number of ether oxygens (including phenoxy) is 1. The number of carbonyl (C=O) groups is 2. The van der Waals surface area contributed by atoms with Crippen molar-refractivity contribution in [2.45, 2.75) is 6.42 Å². The maximum Gasteiger partial charge on any atom is 0.337 e. The Kier molecular flexibility index (Phi) is 5.15. The van der Waals surface area contributed by atoms with E-state index in [1.807, 2.05) is 34.5 Å². The molecule has 0 aliphatic carbocycles. The molecule has 1 amide bonds. The molecule has 5 nitrogen and oxygen atoms in total. The maximum atomic E-state index is 12.3. The van der Waals surface area contributed by atoms with E-state index in [0.717, 1.165) is 36.7 Å². The van der Waals surface area contributed by atoms with Gasteiger partial charge in [-0.1, -0.05) is 6.07 Å². The average Bonchev–Trinajstić information content (AvgIpc) is 3.14. The first kappa shape index (κ1) is 16.5. The van der Waals surface area contributed by atoms with Crippen molar-refractivity contribution in [3.05, 3.63) is 52.2 Å². The van der Waals surface area contributed by atoms with Gasteiger partial charge in [0.2, 0.25) is 5.91 Å². The first-order valence-electron chi connectivity index (χ1n) is 7.91. The summed E-state index contributed by atoms with van der Waals surface area (Å²) >= 11 is 1.62. The summed E-state index contributed by atoms with van der Waals surface area (Å²) in [5.74, 6) is -0.135.